The van der Waals surface area contributed by atoms with E-state index >= 15 is 0 Å². The average molecular weight is 276 g/mol. The molecule has 0 saturated carbocycles. The first-order valence-corrected chi connectivity index (χ1v) is 7.38. The van der Waals surface area contributed by atoms with Crippen LogP contribution in [0, 0.1) is 25.7 Å². The maximum absolute atomic E-state index is 12.8. The van der Waals surface area contributed by atoms with Crippen molar-refractivity contribution in [2.45, 2.75) is 41.5 Å². The van der Waals surface area contributed by atoms with Gasteiger partial charge in [0.1, 0.15) is 0 Å². The SMILES string of the molecule is Cc1cc(C)c(C(=O)N(CC(C)C)CC(C)C)cc1N. The Balaban J connectivity index is 3.08. The van der Waals surface area contributed by atoms with Gasteiger partial charge in [-0.1, -0.05) is 33.8 Å². The molecule has 2 N–H and O–H groups in total. The highest BCUT2D eigenvalue weighted by molar-refractivity contribution is 5.96. The molecule has 1 aromatic carbocycles. The molecule has 0 saturated heterocycles. The van der Waals surface area contributed by atoms with E-state index in [1.54, 1.807) is 0 Å². The third kappa shape index (κ3) is 4.26. The Bertz CT molecular complexity index is 468. The first-order chi connectivity index (χ1) is 9.22. The number of benzene rings is 1. The van der Waals surface area contributed by atoms with Gasteiger partial charge in [0.15, 0.2) is 0 Å². The second kappa shape index (κ2) is 6.78. The molecule has 0 radical (unpaired) electrons. The molecule has 3 heteroatoms. The van der Waals surface area contributed by atoms with Gasteiger partial charge in [-0.3, -0.25) is 4.79 Å². The van der Waals surface area contributed by atoms with E-state index in [0.717, 1.165) is 29.8 Å². The molecular weight excluding hydrogens is 248 g/mol. The third-order valence-corrected chi connectivity index (χ3v) is 3.30. The van der Waals surface area contributed by atoms with Crippen molar-refractivity contribution in [2.75, 3.05) is 18.8 Å². The summed E-state index contributed by atoms with van der Waals surface area (Å²) in [5.74, 6) is 1.01. The van der Waals surface area contributed by atoms with Gasteiger partial charge < -0.3 is 10.6 Å². The number of hydrogen-bond donors (Lipinski definition) is 1. The summed E-state index contributed by atoms with van der Waals surface area (Å²) in [6, 6.07) is 3.81. The smallest absolute Gasteiger partial charge is 0.254 e. The summed E-state index contributed by atoms with van der Waals surface area (Å²) < 4.78 is 0. The molecule has 0 fully saturated rings. The van der Waals surface area contributed by atoms with Crippen molar-refractivity contribution in [3.8, 4) is 0 Å². The zero-order valence-electron chi connectivity index (χ0n) is 13.7. The lowest BCUT2D eigenvalue weighted by atomic mass is 10.0. The van der Waals surface area contributed by atoms with E-state index in [2.05, 4.69) is 27.7 Å². The van der Waals surface area contributed by atoms with Gasteiger partial charge in [-0.2, -0.15) is 0 Å². The number of nitrogens with zero attached hydrogens (tertiary/aromatic N) is 1. The van der Waals surface area contributed by atoms with Gasteiger partial charge in [0, 0.05) is 24.3 Å². The Kier molecular flexibility index (Phi) is 5.61. The maximum Gasteiger partial charge on any atom is 0.254 e. The normalized spacial score (nSPS) is 11.2. The molecule has 0 bridgehead atoms. The lowest BCUT2D eigenvalue weighted by Gasteiger charge is -2.27. The minimum absolute atomic E-state index is 0.0941. The van der Waals surface area contributed by atoms with Crippen molar-refractivity contribution in [1.82, 2.24) is 4.90 Å². The van der Waals surface area contributed by atoms with E-state index < -0.39 is 0 Å². The molecular formula is C17H28N2O. The molecule has 0 aliphatic rings. The van der Waals surface area contributed by atoms with Crippen molar-refractivity contribution < 1.29 is 4.79 Å². The molecule has 0 aliphatic carbocycles. The van der Waals surface area contributed by atoms with Crippen molar-refractivity contribution in [3.05, 3.63) is 28.8 Å². The number of hydrogen-bond acceptors (Lipinski definition) is 2. The molecule has 20 heavy (non-hydrogen) atoms. The number of amides is 1. The average Bonchev–Trinajstić information content (AvgIpc) is 2.31. The highest BCUT2D eigenvalue weighted by Gasteiger charge is 2.20. The number of nitrogens with two attached hydrogens (primary N) is 1. The zero-order valence-corrected chi connectivity index (χ0v) is 13.7. The highest BCUT2D eigenvalue weighted by Crippen LogP contribution is 2.20. The van der Waals surface area contributed by atoms with E-state index in [0.29, 0.717) is 17.5 Å². The number of anilines is 1. The predicted molar refractivity (Wildman–Crippen MR) is 85.9 cm³/mol. The molecule has 0 unspecified atom stereocenters. The summed E-state index contributed by atoms with van der Waals surface area (Å²) in [6.07, 6.45) is 0. The molecule has 1 rings (SSSR count). The van der Waals surface area contributed by atoms with Crippen LogP contribution in [0.2, 0.25) is 0 Å². The number of aryl methyl sites for hydroxylation is 2. The Hall–Kier alpha value is -1.51. The Morgan fingerprint density at radius 3 is 2.00 bits per heavy atom. The fourth-order valence-corrected chi connectivity index (χ4v) is 2.39. The van der Waals surface area contributed by atoms with Crippen molar-refractivity contribution in [2.24, 2.45) is 11.8 Å². The van der Waals surface area contributed by atoms with Crippen LogP contribution in [0.15, 0.2) is 12.1 Å². The first-order valence-electron chi connectivity index (χ1n) is 7.38. The minimum Gasteiger partial charge on any atom is -0.398 e. The lowest BCUT2D eigenvalue weighted by molar-refractivity contribution is 0.0714. The van der Waals surface area contributed by atoms with Gasteiger partial charge in [-0.05, 0) is 42.9 Å². The van der Waals surface area contributed by atoms with Crippen LogP contribution in [0.5, 0.6) is 0 Å². The van der Waals surface area contributed by atoms with Gasteiger partial charge in [0.25, 0.3) is 5.91 Å². The minimum atomic E-state index is 0.0941. The van der Waals surface area contributed by atoms with Crippen molar-refractivity contribution in [1.29, 1.82) is 0 Å². The van der Waals surface area contributed by atoms with E-state index in [1.165, 1.54) is 0 Å². The maximum atomic E-state index is 12.8. The largest absolute Gasteiger partial charge is 0.398 e. The number of nitrogen functional groups attached to an aromatic ring is 1. The molecule has 0 heterocycles. The zero-order chi connectivity index (χ0) is 15.4. The van der Waals surface area contributed by atoms with Crippen molar-refractivity contribution in [3.63, 3.8) is 0 Å². The van der Waals surface area contributed by atoms with Gasteiger partial charge in [-0.15, -0.1) is 0 Å². The van der Waals surface area contributed by atoms with Gasteiger partial charge in [-0.25, -0.2) is 0 Å². The molecule has 0 atom stereocenters. The van der Waals surface area contributed by atoms with Crippen molar-refractivity contribution >= 4 is 11.6 Å². The van der Waals surface area contributed by atoms with Crippen LogP contribution in [0.1, 0.15) is 49.2 Å². The summed E-state index contributed by atoms with van der Waals surface area (Å²) in [5, 5.41) is 0. The molecule has 1 aromatic rings. The third-order valence-electron chi connectivity index (χ3n) is 3.30. The van der Waals surface area contributed by atoms with Crippen LogP contribution in [-0.4, -0.2) is 23.9 Å². The molecule has 0 aromatic heterocycles. The molecule has 112 valence electrons. The summed E-state index contributed by atoms with van der Waals surface area (Å²) in [7, 11) is 0. The topological polar surface area (TPSA) is 46.3 Å². The van der Waals surface area contributed by atoms with Gasteiger partial charge >= 0.3 is 0 Å². The van der Waals surface area contributed by atoms with Gasteiger partial charge in [0.2, 0.25) is 0 Å². The molecule has 3 nitrogen and oxygen atoms in total. The number of carbonyl (C=O) groups excluding carboxylic acids is 1. The van der Waals surface area contributed by atoms with Crippen LogP contribution in [0.25, 0.3) is 0 Å². The fraction of sp³-hybridized carbons (Fsp3) is 0.588. The number of carbonyl (C=O) groups is 1. The predicted octanol–water partition coefficient (Wildman–Crippen LogP) is 3.64. The Morgan fingerprint density at radius 2 is 1.55 bits per heavy atom. The van der Waals surface area contributed by atoms with Crippen LogP contribution < -0.4 is 5.73 Å². The summed E-state index contributed by atoms with van der Waals surface area (Å²) in [4.78, 5) is 14.7. The first kappa shape index (κ1) is 16.5. The molecule has 0 aliphatic heterocycles. The van der Waals surface area contributed by atoms with E-state index in [4.69, 9.17) is 5.73 Å². The summed E-state index contributed by atoms with van der Waals surface area (Å²) in [5.41, 5.74) is 9.40. The number of rotatable bonds is 5. The van der Waals surface area contributed by atoms with E-state index in [1.807, 2.05) is 30.9 Å². The van der Waals surface area contributed by atoms with E-state index in [9.17, 15) is 4.79 Å². The molecule has 0 spiro atoms. The fourth-order valence-electron chi connectivity index (χ4n) is 2.39. The lowest BCUT2D eigenvalue weighted by Crippen LogP contribution is -2.37. The summed E-state index contributed by atoms with van der Waals surface area (Å²) >= 11 is 0. The van der Waals surface area contributed by atoms with Crippen LogP contribution in [-0.2, 0) is 0 Å². The Labute approximate surface area is 123 Å². The second-order valence-electron chi connectivity index (χ2n) is 6.52. The summed E-state index contributed by atoms with van der Waals surface area (Å²) in [6.45, 7) is 14.1. The molecule has 1 amide bonds. The van der Waals surface area contributed by atoms with Crippen LogP contribution >= 0.6 is 0 Å². The van der Waals surface area contributed by atoms with Crippen LogP contribution in [0.3, 0.4) is 0 Å². The monoisotopic (exact) mass is 276 g/mol. The van der Waals surface area contributed by atoms with Crippen LogP contribution in [0.4, 0.5) is 5.69 Å². The standard InChI is InChI=1S/C17H28N2O/c1-11(2)9-19(10-12(3)4)17(20)15-8-16(18)14(6)7-13(15)5/h7-8,11-12H,9-10,18H2,1-6H3. The second-order valence-corrected chi connectivity index (χ2v) is 6.52. The highest BCUT2D eigenvalue weighted by atomic mass is 16.2. The Morgan fingerprint density at radius 1 is 1.05 bits per heavy atom. The quantitative estimate of drug-likeness (QED) is 0.835. The van der Waals surface area contributed by atoms with E-state index in [-0.39, 0.29) is 5.91 Å². The van der Waals surface area contributed by atoms with Gasteiger partial charge in [0.05, 0.1) is 0 Å².